The molecule has 1 saturated carbocycles. The summed E-state index contributed by atoms with van der Waals surface area (Å²) in [7, 11) is 0. The van der Waals surface area contributed by atoms with Gasteiger partial charge in [0, 0.05) is 6.54 Å². The van der Waals surface area contributed by atoms with E-state index in [-0.39, 0.29) is 5.69 Å². The van der Waals surface area contributed by atoms with Gasteiger partial charge in [-0.1, -0.05) is 12.8 Å². The van der Waals surface area contributed by atoms with E-state index in [1.807, 2.05) is 6.92 Å². The SMILES string of the molecule is CCNc1cc([N+](=O)[O-])cc(OCCC2CC2)n1. The van der Waals surface area contributed by atoms with Crippen molar-refractivity contribution in [2.45, 2.75) is 26.2 Å². The quantitative estimate of drug-likeness (QED) is 0.595. The first kappa shape index (κ1) is 12.6. The minimum Gasteiger partial charge on any atom is -0.477 e. The normalized spacial score (nSPS) is 14.3. The number of anilines is 1. The number of rotatable bonds is 7. The van der Waals surface area contributed by atoms with Crippen molar-refractivity contribution in [3.05, 3.63) is 22.2 Å². The van der Waals surface area contributed by atoms with Crippen LogP contribution in [0.4, 0.5) is 11.5 Å². The number of nitrogens with one attached hydrogen (secondary N) is 1. The lowest BCUT2D eigenvalue weighted by Crippen LogP contribution is -2.05. The van der Waals surface area contributed by atoms with Gasteiger partial charge in [-0.2, -0.15) is 4.98 Å². The second-order valence-electron chi connectivity index (χ2n) is 4.42. The van der Waals surface area contributed by atoms with Crippen molar-refractivity contribution in [2.75, 3.05) is 18.5 Å². The second-order valence-corrected chi connectivity index (χ2v) is 4.42. The number of ether oxygens (including phenoxy) is 1. The highest BCUT2D eigenvalue weighted by Gasteiger charge is 2.21. The molecule has 6 nitrogen and oxygen atoms in total. The molecular formula is C12H17N3O3. The van der Waals surface area contributed by atoms with Crippen molar-refractivity contribution in [1.82, 2.24) is 4.98 Å². The molecule has 0 aromatic carbocycles. The summed E-state index contributed by atoms with van der Waals surface area (Å²) in [5, 5.41) is 13.8. The summed E-state index contributed by atoms with van der Waals surface area (Å²) < 4.78 is 5.48. The number of nitro groups is 1. The van der Waals surface area contributed by atoms with Gasteiger partial charge in [0.05, 0.1) is 23.7 Å². The van der Waals surface area contributed by atoms with Crippen LogP contribution in [0.1, 0.15) is 26.2 Å². The van der Waals surface area contributed by atoms with Gasteiger partial charge in [0.2, 0.25) is 5.88 Å². The molecule has 6 heteroatoms. The molecule has 0 unspecified atom stereocenters. The Kier molecular flexibility index (Phi) is 3.96. The Labute approximate surface area is 106 Å². The molecule has 0 bridgehead atoms. The Morgan fingerprint density at radius 1 is 1.56 bits per heavy atom. The Bertz CT molecular complexity index is 433. The summed E-state index contributed by atoms with van der Waals surface area (Å²) in [5.41, 5.74) is 0.00220. The molecule has 18 heavy (non-hydrogen) atoms. The van der Waals surface area contributed by atoms with E-state index in [1.54, 1.807) is 0 Å². The van der Waals surface area contributed by atoms with E-state index in [2.05, 4.69) is 10.3 Å². The van der Waals surface area contributed by atoms with Gasteiger partial charge >= 0.3 is 0 Å². The average Bonchev–Trinajstić information content (AvgIpc) is 3.13. The van der Waals surface area contributed by atoms with Crippen LogP contribution in [0.3, 0.4) is 0 Å². The molecule has 2 rings (SSSR count). The molecule has 1 fully saturated rings. The molecule has 0 aliphatic heterocycles. The van der Waals surface area contributed by atoms with Gasteiger partial charge in [-0.3, -0.25) is 10.1 Å². The average molecular weight is 251 g/mol. The molecule has 1 aromatic rings. The van der Waals surface area contributed by atoms with E-state index in [9.17, 15) is 10.1 Å². The summed E-state index contributed by atoms with van der Waals surface area (Å²) in [4.78, 5) is 14.5. The van der Waals surface area contributed by atoms with Crippen LogP contribution < -0.4 is 10.1 Å². The molecule has 0 radical (unpaired) electrons. The summed E-state index contributed by atoms with van der Waals surface area (Å²) in [6, 6.07) is 2.78. The highest BCUT2D eigenvalue weighted by Crippen LogP contribution is 2.32. The van der Waals surface area contributed by atoms with Crippen molar-refractivity contribution >= 4 is 11.5 Å². The number of aromatic nitrogens is 1. The van der Waals surface area contributed by atoms with Crippen LogP contribution in [0, 0.1) is 16.0 Å². The first-order chi connectivity index (χ1) is 8.69. The lowest BCUT2D eigenvalue weighted by Gasteiger charge is -2.07. The fourth-order valence-electron chi connectivity index (χ4n) is 1.68. The summed E-state index contributed by atoms with van der Waals surface area (Å²) in [6.45, 7) is 3.15. The zero-order valence-electron chi connectivity index (χ0n) is 10.4. The minimum atomic E-state index is -0.434. The van der Waals surface area contributed by atoms with E-state index >= 15 is 0 Å². The maximum atomic E-state index is 10.8. The van der Waals surface area contributed by atoms with Gasteiger partial charge < -0.3 is 10.1 Å². The van der Waals surface area contributed by atoms with Crippen molar-refractivity contribution in [3.63, 3.8) is 0 Å². The van der Waals surface area contributed by atoms with Crippen LogP contribution in [0.5, 0.6) is 5.88 Å². The molecule has 0 amide bonds. The molecule has 1 aromatic heterocycles. The number of hydrogen-bond acceptors (Lipinski definition) is 5. The van der Waals surface area contributed by atoms with Gasteiger partial charge in [-0.25, -0.2) is 0 Å². The highest BCUT2D eigenvalue weighted by molar-refractivity contribution is 5.48. The molecular weight excluding hydrogens is 234 g/mol. The Hall–Kier alpha value is -1.85. The van der Waals surface area contributed by atoms with E-state index in [1.165, 1.54) is 25.0 Å². The third kappa shape index (κ3) is 3.58. The Morgan fingerprint density at radius 2 is 2.33 bits per heavy atom. The van der Waals surface area contributed by atoms with Crippen molar-refractivity contribution in [3.8, 4) is 5.88 Å². The molecule has 98 valence electrons. The van der Waals surface area contributed by atoms with Crippen molar-refractivity contribution < 1.29 is 9.66 Å². The molecule has 0 saturated heterocycles. The van der Waals surface area contributed by atoms with E-state index < -0.39 is 4.92 Å². The van der Waals surface area contributed by atoms with Gasteiger partial charge in [-0.15, -0.1) is 0 Å². The largest absolute Gasteiger partial charge is 0.477 e. The van der Waals surface area contributed by atoms with Gasteiger partial charge in [-0.05, 0) is 19.3 Å². The van der Waals surface area contributed by atoms with Crippen LogP contribution >= 0.6 is 0 Å². The third-order valence-corrected chi connectivity index (χ3v) is 2.83. The monoisotopic (exact) mass is 251 g/mol. The fraction of sp³-hybridized carbons (Fsp3) is 0.583. The van der Waals surface area contributed by atoms with Crippen LogP contribution in [-0.2, 0) is 0 Å². The predicted octanol–water partition coefficient (Wildman–Crippen LogP) is 2.60. The van der Waals surface area contributed by atoms with Crippen LogP contribution in [0.25, 0.3) is 0 Å². The zero-order chi connectivity index (χ0) is 13.0. The predicted molar refractivity (Wildman–Crippen MR) is 67.9 cm³/mol. The minimum absolute atomic E-state index is 0.00220. The van der Waals surface area contributed by atoms with Crippen LogP contribution in [0.2, 0.25) is 0 Å². The molecule has 0 spiro atoms. The molecule has 1 aliphatic rings. The maximum Gasteiger partial charge on any atom is 0.278 e. The molecule has 0 atom stereocenters. The standard InChI is InChI=1S/C12H17N3O3/c1-2-13-11-7-10(15(16)17)8-12(14-11)18-6-5-9-3-4-9/h7-9H,2-6H2,1H3,(H,13,14). The van der Waals surface area contributed by atoms with Crippen molar-refractivity contribution in [2.24, 2.45) is 5.92 Å². The Balaban J connectivity index is 2.03. The van der Waals surface area contributed by atoms with Crippen LogP contribution in [0.15, 0.2) is 12.1 Å². The zero-order valence-corrected chi connectivity index (χ0v) is 10.4. The van der Waals surface area contributed by atoms with E-state index in [0.29, 0.717) is 24.8 Å². The smallest absolute Gasteiger partial charge is 0.278 e. The fourth-order valence-corrected chi connectivity index (χ4v) is 1.68. The van der Waals surface area contributed by atoms with Gasteiger partial charge in [0.1, 0.15) is 5.82 Å². The topological polar surface area (TPSA) is 77.3 Å². The first-order valence-electron chi connectivity index (χ1n) is 6.22. The van der Waals surface area contributed by atoms with E-state index in [0.717, 1.165) is 12.3 Å². The number of pyridine rings is 1. The van der Waals surface area contributed by atoms with Crippen molar-refractivity contribution in [1.29, 1.82) is 0 Å². The molecule has 1 aliphatic carbocycles. The lowest BCUT2D eigenvalue weighted by atomic mass is 10.3. The van der Waals surface area contributed by atoms with Gasteiger partial charge in [0.25, 0.3) is 5.69 Å². The summed E-state index contributed by atoms with van der Waals surface area (Å²) in [5.74, 6) is 1.57. The molecule has 1 heterocycles. The maximum absolute atomic E-state index is 10.8. The van der Waals surface area contributed by atoms with Gasteiger partial charge in [0.15, 0.2) is 0 Å². The molecule has 1 N–H and O–H groups in total. The third-order valence-electron chi connectivity index (χ3n) is 2.83. The Morgan fingerprint density at radius 3 is 2.94 bits per heavy atom. The lowest BCUT2D eigenvalue weighted by molar-refractivity contribution is -0.384. The van der Waals surface area contributed by atoms with E-state index in [4.69, 9.17) is 4.74 Å². The summed E-state index contributed by atoms with van der Waals surface area (Å²) in [6.07, 6.45) is 3.55. The highest BCUT2D eigenvalue weighted by atomic mass is 16.6. The number of nitrogens with zero attached hydrogens (tertiary/aromatic N) is 2. The second kappa shape index (κ2) is 5.66. The number of hydrogen-bond donors (Lipinski definition) is 1. The first-order valence-corrected chi connectivity index (χ1v) is 6.22. The van der Waals surface area contributed by atoms with Crippen LogP contribution in [-0.4, -0.2) is 23.1 Å². The summed E-state index contributed by atoms with van der Waals surface area (Å²) >= 11 is 0.